The van der Waals surface area contributed by atoms with Crippen LogP contribution in [0.2, 0.25) is 0 Å². The zero-order valence-electron chi connectivity index (χ0n) is 9.27. The van der Waals surface area contributed by atoms with Crippen molar-refractivity contribution in [3.8, 4) is 9.88 Å². The van der Waals surface area contributed by atoms with Crippen molar-refractivity contribution in [1.82, 2.24) is 15.2 Å². The average molecular weight is 256 g/mol. The first-order chi connectivity index (χ1) is 7.74. The summed E-state index contributed by atoms with van der Waals surface area (Å²) in [6, 6.07) is 0. The van der Waals surface area contributed by atoms with Gasteiger partial charge in [0.25, 0.3) is 0 Å². The average Bonchev–Trinajstić information content (AvgIpc) is 2.85. The van der Waals surface area contributed by atoms with Gasteiger partial charge in [0.15, 0.2) is 5.01 Å². The summed E-state index contributed by atoms with van der Waals surface area (Å²) in [5.41, 5.74) is 0.934. The van der Waals surface area contributed by atoms with Crippen LogP contribution in [0, 0.1) is 6.92 Å². The van der Waals surface area contributed by atoms with Gasteiger partial charge < -0.3 is 10.1 Å². The van der Waals surface area contributed by atoms with Crippen LogP contribution >= 0.6 is 22.7 Å². The highest BCUT2D eigenvalue weighted by molar-refractivity contribution is 7.23. The second-order valence-electron chi connectivity index (χ2n) is 3.10. The standard InChI is InChI=1S/C9H12N4OS2/c1-5-11-6(4-14-3)7(15-5)8-12-13-9(10-2)16-8/h4H2,1-3H3,(H,10,13). The van der Waals surface area contributed by atoms with Gasteiger partial charge in [-0.25, -0.2) is 4.98 Å². The smallest absolute Gasteiger partial charge is 0.205 e. The van der Waals surface area contributed by atoms with Crippen LogP contribution < -0.4 is 5.32 Å². The lowest BCUT2D eigenvalue weighted by Gasteiger charge is -1.95. The third-order valence-electron chi connectivity index (χ3n) is 1.92. The number of methoxy groups -OCH3 is 1. The molecule has 0 radical (unpaired) electrons. The van der Waals surface area contributed by atoms with E-state index in [1.807, 2.05) is 14.0 Å². The Labute approximate surface area is 102 Å². The van der Waals surface area contributed by atoms with Crippen LogP contribution in [0.5, 0.6) is 0 Å². The van der Waals surface area contributed by atoms with Gasteiger partial charge in [0, 0.05) is 14.2 Å². The van der Waals surface area contributed by atoms with Gasteiger partial charge in [0.1, 0.15) is 0 Å². The van der Waals surface area contributed by atoms with Crippen molar-refractivity contribution in [2.24, 2.45) is 0 Å². The summed E-state index contributed by atoms with van der Waals surface area (Å²) in [6.07, 6.45) is 0. The van der Waals surface area contributed by atoms with E-state index in [9.17, 15) is 0 Å². The maximum Gasteiger partial charge on any atom is 0.205 e. The number of hydrogen-bond acceptors (Lipinski definition) is 7. The lowest BCUT2D eigenvalue weighted by Crippen LogP contribution is -1.90. The summed E-state index contributed by atoms with van der Waals surface area (Å²) in [7, 11) is 3.50. The fourth-order valence-corrected chi connectivity index (χ4v) is 3.00. The van der Waals surface area contributed by atoms with Crippen molar-refractivity contribution in [1.29, 1.82) is 0 Å². The predicted molar refractivity (Wildman–Crippen MR) is 66.0 cm³/mol. The van der Waals surface area contributed by atoms with Gasteiger partial charge in [-0.2, -0.15) is 0 Å². The van der Waals surface area contributed by atoms with Crippen LogP contribution in [-0.4, -0.2) is 29.3 Å². The highest BCUT2D eigenvalue weighted by Gasteiger charge is 2.15. The van der Waals surface area contributed by atoms with Gasteiger partial charge in [-0.15, -0.1) is 21.5 Å². The van der Waals surface area contributed by atoms with E-state index in [1.165, 1.54) is 11.3 Å². The number of ether oxygens (including phenoxy) is 1. The first kappa shape index (κ1) is 11.4. The quantitative estimate of drug-likeness (QED) is 0.908. The Morgan fingerprint density at radius 1 is 1.31 bits per heavy atom. The molecule has 0 amide bonds. The van der Waals surface area contributed by atoms with Crippen molar-refractivity contribution in [2.45, 2.75) is 13.5 Å². The molecule has 0 saturated carbocycles. The number of hydrogen-bond donors (Lipinski definition) is 1. The van der Waals surface area contributed by atoms with E-state index >= 15 is 0 Å². The minimum Gasteiger partial charge on any atom is -0.378 e. The van der Waals surface area contributed by atoms with Gasteiger partial charge >= 0.3 is 0 Å². The van der Waals surface area contributed by atoms with Crippen LogP contribution in [0.3, 0.4) is 0 Å². The highest BCUT2D eigenvalue weighted by atomic mass is 32.1. The van der Waals surface area contributed by atoms with Crippen molar-refractivity contribution < 1.29 is 4.74 Å². The van der Waals surface area contributed by atoms with E-state index in [2.05, 4.69) is 20.5 Å². The Bertz CT molecular complexity index is 480. The molecule has 5 nitrogen and oxygen atoms in total. The Kier molecular flexibility index (Phi) is 3.47. The van der Waals surface area contributed by atoms with Crippen LogP contribution in [0.1, 0.15) is 10.7 Å². The zero-order chi connectivity index (χ0) is 11.5. The molecule has 2 aromatic heterocycles. The Morgan fingerprint density at radius 3 is 2.75 bits per heavy atom. The fraction of sp³-hybridized carbons (Fsp3) is 0.444. The van der Waals surface area contributed by atoms with Gasteiger partial charge in [-0.05, 0) is 6.92 Å². The molecule has 2 rings (SSSR count). The lowest BCUT2D eigenvalue weighted by molar-refractivity contribution is 0.182. The van der Waals surface area contributed by atoms with E-state index in [0.717, 1.165) is 25.7 Å². The zero-order valence-corrected chi connectivity index (χ0v) is 10.9. The van der Waals surface area contributed by atoms with E-state index in [4.69, 9.17) is 4.74 Å². The Morgan fingerprint density at radius 2 is 2.12 bits per heavy atom. The number of rotatable bonds is 4. The van der Waals surface area contributed by atoms with Crippen LogP contribution in [0.25, 0.3) is 9.88 Å². The molecule has 86 valence electrons. The molecule has 16 heavy (non-hydrogen) atoms. The summed E-state index contributed by atoms with van der Waals surface area (Å²) < 4.78 is 5.12. The van der Waals surface area contributed by atoms with E-state index < -0.39 is 0 Å². The third kappa shape index (κ3) is 2.21. The minimum atomic E-state index is 0.508. The highest BCUT2D eigenvalue weighted by Crippen LogP contribution is 2.33. The molecule has 0 atom stereocenters. The minimum absolute atomic E-state index is 0.508. The number of aryl methyl sites for hydroxylation is 1. The van der Waals surface area contributed by atoms with Crippen molar-refractivity contribution in [2.75, 3.05) is 19.5 Å². The molecule has 0 fully saturated rings. The lowest BCUT2D eigenvalue weighted by atomic mass is 10.4. The molecular formula is C9H12N4OS2. The predicted octanol–water partition coefficient (Wildman–Crippen LogP) is 2.16. The van der Waals surface area contributed by atoms with Crippen LogP contribution in [0.4, 0.5) is 5.13 Å². The first-order valence-corrected chi connectivity index (χ1v) is 6.34. The topological polar surface area (TPSA) is 59.9 Å². The number of aromatic nitrogens is 3. The molecule has 1 N–H and O–H groups in total. The summed E-state index contributed by atoms with van der Waals surface area (Å²) >= 11 is 3.14. The second-order valence-corrected chi connectivity index (χ2v) is 5.28. The molecule has 0 saturated heterocycles. The first-order valence-electron chi connectivity index (χ1n) is 4.71. The number of nitrogens with zero attached hydrogens (tertiary/aromatic N) is 3. The van der Waals surface area contributed by atoms with Crippen LogP contribution in [-0.2, 0) is 11.3 Å². The summed E-state index contributed by atoms with van der Waals surface area (Å²) in [5.74, 6) is 0. The summed E-state index contributed by atoms with van der Waals surface area (Å²) in [4.78, 5) is 5.48. The monoisotopic (exact) mass is 256 g/mol. The SMILES string of the molecule is CNc1nnc(-c2sc(C)nc2COC)s1. The van der Waals surface area contributed by atoms with Crippen LogP contribution in [0.15, 0.2) is 0 Å². The summed E-state index contributed by atoms with van der Waals surface area (Å²) in [5, 5.41) is 13.8. The van der Waals surface area contributed by atoms with Gasteiger partial charge in [0.05, 0.1) is 22.2 Å². The normalized spacial score (nSPS) is 10.7. The molecule has 2 aromatic rings. The molecule has 0 aliphatic rings. The molecular weight excluding hydrogens is 244 g/mol. The molecule has 2 heterocycles. The molecule has 0 unspecified atom stereocenters. The largest absolute Gasteiger partial charge is 0.378 e. The number of nitrogens with one attached hydrogen (secondary N) is 1. The Hall–Kier alpha value is -1.05. The van der Waals surface area contributed by atoms with E-state index in [0.29, 0.717) is 6.61 Å². The van der Waals surface area contributed by atoms with E-state index in [1.54, 1.807) is 18.4 Å². The fourth-order valence-electron chi connectivity index (χ4n) is 1.29. The molecule has 0 bridgehead atoms. The molecule has 0 aliphatic carbocycles. The molecule has 0 aliphatic heterocycles. The number of anilines is 1. The molecule has 0 spiro atoms. The number of thiazole rings is 1. The van der Waals surface area contributed by atoms with E-state index in [-0.39, 0.29) is 0 Å². The van der Waals surface area contributed by atoms with Crippen molar-refractivity contribution >= 4 is 27.8 Å². The van der Waals surface area contributed by atoms with Crippen molar-refractivity contribution in [3.63, 3.8) is 0 Å². The second kappa shape index (κ2) is 4.86. The maximum atomic E-state index is 5.12. The molecule has 0 aromatic carbocycles. The van der Waals surface area contributed by atoms with Crippen molar-refractivity contribution in [3.05, 3.63) is 10.7 Å². The Balaban J connectivity index is 2.37. The third-order valence-corrected chi connectivity index (χ3v) is 4.03. The maximum absolute atomic E-state index is 5.12. The van der Waals surface area contributed by atoms with Gasteiger partial charge in [-0.3, -0.25) is 0 Å². The summed E-state index contributed by atoms with van der Waals surface area (Å²) in [6.45, 7) is 2.49. The van der Waals surface area contributed by atoms with Gasteiger partial charge in [0.2, 0.25) is 5.13 Å². The van der Waals surface area contributed by atoms with Gasteiger partial charge in [-0.1, -0.05) is 11.3 Å². The molecule has 7 heteroatoms.